The Morgan fingerprint density at radius 2 is 2.04 bits per heavy atom. The zero-order valence-corrected chi connectivity index (χ0v) is 13.2. The van der Waals surface area contributed by atoms with E-state index in [0.29, 0.717) is 6.54 Å². The van der Waals surface area contributed by atoms with E-state index in [1.807, 2.05) is 9.80 Å². The maximum absolute atomic E-state index is 12.7. The highest BCUT2D eigenvalue weighted by Crippen LogP contribution is 2.27. The van der Waals surface area contributed by atoms with Crippen molar-refractivity contribution in [3.05, 3.63) is 12.2 Å². The molecule has 1 aromatic rings. The number of hydrogen-bond donors (Lipinski definition) is 1. The van der Waals surface area contributed by atoms with Gasteiger partial charge in [-0.1, -0.05) is 5.16 Å². The minimum absolute atomic E-state index is 0.0233. The Hall–Kier alpha value is -1.96. The Morgan fingerprint density at radius 3 is 2.70 bits per heavy atom. The van der Waals surface area contributed by atoms with Gasteiger partial charge in [-0.3, -0.25) is 14.5 Å². The monoisotopic (exact) mass is 321 g/mol. The van der Waals surface area contributed by atoms with Gasteiger partial charge < -0.3 is 15.2 Å². The van der Waals surface area contributed by atoms with Crippen molar-refractivity contribution >= 4 is 11.8 Å². The molecule has 0 saturated carbocycles. The van der Waals surface area contributed by atoms with Gasteiger partial charge in [0.25, 0.3) is 0 Å². The lowest BCUT2D eigenvalue weighted by molar-refractivity contribution is -0.139. The molecule has 0 aliphatic carbocycles. The van der Waals surface area contributed by atoms with E-state index in [0.717, 1.165) is 51.1 Å². The Labute approximate surface area is 135 Å². The van der Waals surface area contributed by atoms with Crippen molar-refractivity contribution < 1.29 is 14.1 Å². The number of amides is 2. The average Bonchev–Trinajstić information content (AvgIpc) is 3.08. The van der Waals surface area contributed by atoms with Crippen LogP contribution in [-0.2, 0) is 9.59 Å². The average molecular weight is 321 g/mol. The molecule has 3 rings (SSSR count). The van der Waals surface area contributed by atoms with Crippen molar-refractivity contribution in [2.45, 2.75) is 31.6 Å². The predicted molar refractivity (Wildman–Crippen MR) is 81.2 cm³/mol. The molecule has 1 atom stereocenters. The normalized spacial score (nSPS) is 23.8. The first-order valence-electron chi connectivity index (χ1n) is 8.19. The van der Waals surface area contributed by atoms with E-state index in [-0.39, 0.29) is 30.2 Å². The molecule has 2 aliphatic rings. The van der Waals surface area contributed by atoms with E-state index in [1.165, 1.54) is 6.39 Å². The second kappa shape index (κ2) is 7.08. The van der Waals surface area contributed by atoms with Crippen LogP contribution in [-0.4, -0.2) is 64.5 Å². The first kappa shape index (κ1) is 15.9. The van der Waals surface area contributed by atoms with Gasteiger partial charge in [0.15, 0.2) is 5.82 Å². The van der Waals surface area contributed by atoms with E-state index in [2.05, 4.69) is 10.1 Å². The molecule has 23 heavy (non-hydrogen) atoms. The topological polar surface area (TPSA) is 106 Å². The zero-order chi connectivity index (χ0) is 16.2. The van der Waals surface area contributed by atoms with E-state index in [1.54, 1.807) is 0 Å². The number of likely N-dealkylation sites (tertiary alicyclic amines) is 2. The first-order valence-corrected chi connectivity index (χ1v) is 8.19. The molecule has 126 valence electrons. The zero-order valence-electron chi connectivity index (χ0n) is 13.2. The molecule has 3 heterocycles. The summed E-state index contributed by atoms with van der Waals surface area (Å²) in [4.78, 5) is 31.8. The second-order valence-electron chi connectivity index (χ2n) is 6.43. The van der Waals surface area contributed by atoms with Crippen molar-refractivity contribution in [1.29, 1.82) is 0 Å². The number of nitrogens with zero attached hydrogens (tertiary/aromatic N) is 4. The summed E-state index contributed by atoms with van der Waals surface area (Å²) in [5.41, 5.74) is 5.25. The molecular formula is C15H23N5O3. The summed E-state index contributed by atoms with van der Waals surface area (Å²) in [6, 6.07) is 0. The molecule has 8 nitrogen and oxygen atoms in total. The van der Waals surface area contributed by atoms with Gasteiger partial charge in [-0.15, -0.1) is 0 Å². The predicted octanol–water partition coefficient (Wildman–Crippen LogP) is -0.0271. The minimum Gasteiger partial charge on any atom is -0.369 e. The number of rotatable bonds is 4. The Balaban J connectivity index is 1.51. The van der Waals surface area contributed by atoms with Crippen molar-refractivity contribution in [2.75, 3.05) is 32.7 Å². The number of nitrogens with two attached hydrogens (primary N) is 1. The maximum Gasteiger partial charge on any atom is 0.231 e. The smallest absolute Gasteiger partial charge is 0.231 e. The maximum atomic E-state index is 12.7. The molecule has 0 unspecified atom stereocenters. The highest BCUT2D eigenvalue weighted by Gasteiger charge is 2.32. The number of carbonyl (C=O) groups excluding carboxylic acids is 2. The second-order valence-corrected chi connectivity index (χ2v) is 6.43. The van der Waals surface area contributed by atoms with Gasteiger partial charge in [-0.05, 0) is 32.2 Å². The van der Waals surface area contributed by atoms with Gasteiger partial charge in [0.1, 0.15) is 0 Å². The van der Waals surface area contributed by atoms with E-state index < -0.39 is 0 Å². The van der Waals surface area contributed by atoms with Crippen molar-refractivity contribution in [3.8, 4) is 0 Å². The fraction of sp³-hybridized carbons (Fsp3) is 0.733. The number of piperidine rings is 2. The summed E-state index contributed by atoms with van der Waals surface area (Å²) >= 11 is 0. The molecule has 0 radical (unpaired) electrons. The number of aromatic nitrogens is 2. The fourth-order valence-corrected chi connectivity index (χ4v) is 3.60. The van der Waals surface area contributed by atoms with Crippen LogP contribution in [0.15, 0.2) is 10.9 Å². The van der Waals surface area contributed by atoms with Gasteiger partial charge in [0, 0.05) is 25.6 Å². The standard InChI is InChI=1S/C15H23N5O3/c16-13(21)9-19-5-1-2-12(8-19)15(22)20-6-3-11(4-7-20)14-17-10-23-18-14/h10-12H,1-9H2,(H2,16,21)/t12-/m0/s1. The van der Waals surface area contributed by atoms with Crippen LogP contribution in [0, 0.1) is 5.92 Å². The van der Waals surface area contributed by atoms with Gasteiger partial charge in [-0.2, -0.15) is 4.98 Å². The van der Waals surface area contributed by atoms with Crippen LogP contribution in [0.5, 0.6) is 0 Å². The molecule has 0 spiro atoms. The lowest BCUT2D eigenvalue weighted by Crippen LogP contribution is -2.48. The highest BCUT2D eigenvalue weighted by molar-refractivity contribution is 5.80. The Bertz CT molecular complexity index is 539. The third kappa shape index (κ3) is 3.87. The highest BCUT2D eigenvalue weighted by atomic mass is 16.5. The van der Waals surface area contributed by atoms with Crippen LogP contribution in [0.25, 0.3) is 0 Å². The SMILES string of the molecule is NC(=O)CN1CCC[C@H](C(=O)N2CCC(c3ncon3)CC2)C1. The molecule has 2 N–H and O–H groups in total. The summed E-state index contributed by atoms with van der Waals surface area (Å²) < 4.78 is 4.80. The summed E-state index contributed by atoms with van der Waals surface area (Å²) in [6.07, 6.45) is 4.90. The van der Waals surface area contributed by atoms with Crippen LogP contribution in [0.2, 0.25) is 0 Å². The van der Waals surface area contributed by atoms with Crippen LogP contribution in [0.3, 0.4) is 0 Å². The lowest BCUT2D eigenvalue weighted by atomic mass is 9.92. The van der Waals surface area contributed by atoms with Gasteiger partial charge in [0.05, 0.1) is 12.5 Å². The van der Waals surface area contributed by atoms with Crippen molar-refractivity contribution in [2.24, 2.45) is 11.7 Å². The summed E-state index contributed by atoms with van der Waals surface area (Å²) in [5.74, 6) is 0.854. The summed E-state index contributed by atoms with van der Waals surface area (Å²) in [6.45, 7) is 3.16. The largest absolute Gasteiger partial charge is 0.369 e. The first-order chi connectivity index (χ1) is 11.1. The van der Waals surface area contributed by atoms with Crippen molar-refractivity contribution in [3.63, 3.8) is 0 Å². The molecule has 8 heteroatoms. The molecule has 2 fully saturated rings. The third-order valence-electron chi connectivity index (χ3n) is 4.78. The molecular weight excluding hydrogens is 298 g/mol. The summed E-state index contributed by atoms with van der Waals surface area (Å²) in [7, 11) is 0. The number of hydrogen-bond acceptors (Lipinski definition) is 6. The molecule has 0 aromatic carbocycles. The van der Waals surface area contributed by atoms with Gasteiger partial charge in [-0.25, -0.2) is 0 Å². The van der Waals surface area contributed by atoms with Crippen LogP contribution >= 0.6 is 0 Å². The van der Waals surface area contributed by atoms with Gasteiger partial charge >= 0.3 is 0 Å². The van der Waals surface area contributed by atoms with E-state index in [9.17, 15) is 9.59 Å². The number of carbonyl (C=O) groups is 2. The third-order valence-corrected chi connectivity index (χ3v) is 4.78. The molecule has 2 aliphatic heterocycles. The van der Waals surface area contributed by atoms with Crippen LogP contribution in [0.4, 0.5) is 0 Å². The quantitative estimate of drug-likeness (QED) is 0.835. The van der Waals surface area contributed by atoms with E-state index >= 15 is 0 Å². The number of primary amides is 1. The lowest BCUT2D eigenvalue weighted by Gasteiger charge is -2.37. The molecule has 2 saturated heterocycles. The summed E-state index contributed by atoms with van der Waals surface area (Å²) in [5, 5.41) is 3.90. The minimum atomic E-state index is -0.334. The van der Waals surface area contributed by atoms with Gasteiger partial charge in [0.2, 0.25) is 18.2 Å². The molecule has 0 bridgehead atoms. The molecule has 2 amide bonds. The van der Waals surface area contributed by atoms with E-state index in [4.69, 9.17) is 10.3 Å². The van der Waals surface area contributed by atoms with Crippen LogP contribution < -0.4 is 5.73 Å². The van der Waals surface area contributed by atoms with Crippen LogP contribution in [0.1, 0.15) is 37.4 Å². The Kier molecular flexibility index (Phi) is 4.90. The Morgan fingerprint density at radius 1 is 1.26 bits per heavy atom. The molecule has 1 aromatic heterocycles. The fourth-order valence-electron chi connectivity index (χ4n) is 3.60. The van der Waals surface area contributed by atoms with Crippen molar-refractivity contribution in [1.82, 2.24) is 19.9 Å².